The fourth-order valence-corrected chi connectivity index (χ4v) is 3.28. The summed E-state index contributed by atoms with van der Waals surface area (Å²) >= 11 is 0. The number of ketones is 1. The number of aromatic nitrogens is 3. The lowest BCUT2D eigenvalue weighted by atomic mass is 10.0. The largest absolute Gasteiger partial charge is 0.311 e. The number of carbonyl (C=O) groups is 1. The molecule has 2 aromatic carbocycles. The highest BCUT2D eigenvalue weighted by molar-refractivity contribution is 6.13. The van der Waals surface area contributed by atoms with Crippen LogP contribution in [0.2, 0.25) is 0 Å². The van der Waals surface area contributed by atoms with E-state index >= 15 is 0 Å². The van der Waals surface area contributed by atoms with Gasteiger partial charge >= 0.3 is 0 Å². The molecule has 1 N–H and O–H groups in total. The van der Waals surface area contributed by atoms with Gasteiger partial charge in [-0.3, -0.25) is 9.36 Å². The molecule has 2 heterocycles. The van der Waals surface area contributed by atoms with E-state index in [0.29, 0.717) is 5.39 Å². The molecule has 4 rings (SSSR count). The van der Waals surface area contributed by atoms with Crippen molar-refractivity contribution in [2.45, 2.75) is 0 Å². The van der Waals surface area contributed by atoms with Crippen molar-refractivity contribution in [3.8, 4) is 5.69 Å². The fraction of sp³-hybridized carbons (Fsp3) is 0.0952. The Kier molecular flexibility index (Phi) is 4.96. The zero-order valence-corrected chi connectivity index (χ0v) is 16.0. The van der Waals surface area contributed by atoms with Crippen LogP contribution in [-0.4, -0.2) is 34.4 Å². The number of anilines is 1. The average molecular weight is 411 g/mol. The number of rotatable bonds is 5. The summed E-state index contributed by atoms with van der Waals surface area (Å²) in [6.45, 7) is 0. The summed E-state index contributed by atoms with van der Waals surface area (Å²) in [4.78, 5) is 21.5. The van der Waals surface area contributed by atoms with Crippen molar-refractivity contribution in [2.24, 2.45) is 0 Å². The fourth-order valence-electron chi connectivity index (χ4n) is 3.28. The van der Waals surface area contributed by atoms with E-state index < -0.39 is 28.9 Å². The third-order valence-corrected chi connectivity index (χ3v) is 4.76. The molecule has 0 atom stereocenters. The van der Waals surface area contributed by atoms with Crippen LogP contribution in [0.4, 0.5) is 18.9 Å². The Hall–Kier alpha value is -3.72. The van der Waals surface area contributed by atoms with Crippen molar-refractivity contribution < 1.29 is 18.0 Å². The Morgan fingerprint density at radius 2 is 1.83 bits per heavy atom. The molecule has 6 nitrogen and oxygen atoms in total. The summed E-state index contributed by atoms with van der Waals surface area (Å²) in [5.41, 5.74) is 2.92. The first-order chi connectivity index (χ1) is 14.4. The summed E-state index contributed by atoms with van der Waals surface area (Å²) in [7, 11) is 3.23. The molecule has 0 bridgehead atoms. The molecule has 30 heavy (non-hydrogen) atoms. The predicted molar refractivity (Wildman–Crippen MR) is 106 cm³/mol. The minimum absolute atomic E-state index is 0.0353. The Morgan fingerprint density at radius 1 is 1.10 bits per heavy atom. The van der Waals surface area contributed by atoms with Gasteiger partial charge in [0.1, 0.15) is 35.1 Å². The highest BCUT2D eigenvalue weighted by Gasteiger charge is 2.25. The standard InChI is InChI=1S/C21H16F3N5O/c1-25-28(2)17-9-13(22)6-7-14(17)20(30)18-8-12-10-26-11-27-21(12)29(18)19-15(23)4-3-5-16(19)24/h3-11,25H,1-2H3. The van der Waals surface area contributed by atoms with Crippen LogP contribution in [0.25, 0.3) is 16.7 Å². The quantitative estimate of drug-likeness (QED) is 0.401. The number of fused-ring (bicyclic) bond motifs is 1. The van der Waals surface area contributed by atoms with Gasteiger partial charge in [-0.25, -0.2) is 28.6 Å². The third-order valence-electron chi connectivity index (χ3n) is 4.76. The molecule has 152 valence electrons. The maximum Gasteiger partial charge on any atom is 0.211 e. The van der Waals surface area contributed by atoms with Crippen LogP contribution >= 0.6 is 0 Å². The minimum Gasteiger partial charge on any atom is -0.311 e. The summed E-state index contributed by atoms with van der Waals surface area (Å²) in [5.74, 6) is -2.80. The van der Waals surface area contributed by atoms with Crippen LogP contribution in [-0.2, 0) is 0 Å². The van der Waals surface area contributed by atoms with Crippen molar-refractivity contribution in [1.82, 2.24) is 20.0 Å². The number of hydrogen-bond acceptors (Lipinski definition) is 5. The first kappa shape index (κ1) is 19.6. The average Bonchev–Trinajstić information content (AvgIpc) is 3.12. The maximum absolute atomic E-state index is 14.6. The molecule has 0 spiro atoms. The molecular formula is C21H16F3N5O. The molecule has 0 aliphatic carbocycles. The lowest BCUT2D eigenvalue weighted by Gasteiger charge is -2.21. The van der Waals surface area contributed by atoms with Crippen LogP contribution < -0.4 is 10.4 Å². The smallest absolute Gasteiger partial charge is 0.211 e. The van der Waals surface area contributed by atoms with Gasteiger partial charge in [-0.2, -0.15) is 0 Å². The monoisotopic (exact) mass is 411 g/mol. The Labute approximate surface area is 169 Å². The highest BCUT2D eigenvalue weighted by Crippen LogP contribution is 2.30. The number of carbonyl (C=O) groups excluding carboxylic acids is 1. The van der Waals surface area contributed by atoms with Gasteiger partial charge < -0.3 is 5.01 Å². The molecule has 0 saturated heterocycles. The number of nitrogens with zero attached hydrogens (tertiary/aromatic N) is 4. The number of hydrazine groups is 1. The predicted octanol–water partition coefficient (Wildman–Crippen LogP) is 3.64. The maximum atomic E-state index is 14.6. The van der Waals surface area contributed by atoms with Crippen LogP contribution in [0.15, 0.2) is 55.0 Å². The second kappa shape index (κ2) is 7.60. The normalized spacial score (nSPS) is 11.1. The lowest BCUT2D eigenvalue weighted by molar-refractivity contribution is 0.103. The van der Waals surface area contributed by atoms with Crippen molar-refractivity contribution in [2.75, 3.05) is 19.1 Å². The van der Waals surface area contributed by atoms with Crippen LogP contribution in [0, 0.1) is 17.5 Å². The van der Waals surface area contributed by atoms with Gasteiger partial charge in [0, 0.05) is 31.2 Å². The van der Waals surface area contributed by atoms with Gasteiger partial charge in [0.15, 0.2) is 0 Å². The number of nitrogens with one attached hydrogen (secondary N) is 1. The van der Waals surface area contributed by atoms with Gasteiger partial charge in [-0.05, 0) is 36.4 Å². The summed E-state index contributed by atoms with van der Waals surface area (Å²) in [5, 5.41) is 1.89. The molecule has 0 aliphatic heterocycles. The third kappa shape index (κ3) is 3.18. The molecule has 0 fully saturated rings. The van der Waals surface area contributed by atoms with Crippen molar-refractivity contribution in [3.05, 3.63) is 83.7 Å². The Bertz CT molecular complexity index is 1250. The second-order valence-electron chi connectivity index (χ2n) is 6.51. The van der Waals surface area contributed by atoms with Crippen molar-refractivity contribution >= 4 is 22.5 Å². The van der Waals surface area contributed by atoms with E-state index in [4.69, 9.17) is 0 Å². The van der Waals surface area contributed by atoms with E-state index in [-0.39, 0.29) is 22.6 Å². The van der Waals surface area contributed by atoms with Crippen molar-refractivity contribution in [1.29, 1.82) is 0 Å². The summed E-state index contributed by atoms with van der Waals surface area (Å²) < 4.78 is 44.2. The molecule has 4 aromatic rings. The van der Waals surface area contributed by atoms with Crippen LogP contribution in [0.3, 0.4) is 0 Å². The zero-order chi connectivity index (χ0) is 21.4. The van der Waals surface area contributed by atoms with Crippen molar-refractivity contribution in [3.63, 3.8) is 0 Å². The van der Waals surface area contributed by atoms with Gasteiger partial charge in [0.25, 0.3) is 0 Å². The highest BCUT2D eigenvalue weighted by atomic mass is 19.1. The second-order valence-corrected chi connectivity index (χ2v) is 6.51. The molecule has 0 unspecified atom stereocenters. The minimum atomic E-state index is -0.855. The van der Waals surface area contributed by atoms with E-state index in [2.05, 4.69) is 15.4 Å². The van der Waals surface area contributed by atoms with Crippen LogP contribution in [0.5, 0.6) is 0 Å². The number of halogens is 3. The summed E-state index contributed by atoms with van der Waals surface area (Å²) in [6, 6.07) is 8.55. The topological polar surface area (TPSA) is 63.1 Å². The van der Waals surface area contributed by atoms with E-state index in [1.54, 1.807) is 14.1 Å². The molecule has 0 aliphatic rings. The van der Waals surface area contributed by atoms with E-state index in [9.17, 15) is 18.0 Å². The Balaban J connectivity index is 2.01. The first-order valence-electron chi connectivity index (χ1n) is 8.93. The molecule has 0 amide bonds. The Morgan fingerprint density at radius 3 is 2.53 bits per heavy atom. The first-order valence-corrected chi connectivity index (χ1v) is 8.93. The molecule has 0 radical (unpaired) electrons. The number of benzene rings is 2. The van der Waals surface area contributed by atoms with Gasteiger partial charge in [0.2, 0.25) is 5.78 Å². The zero-order valence-electron chi connectivity index (χ0n) is 16.0. The van der Waals surface area contributed by atoms with Gasteiger partial charge in [-0.1, -0.05) is 6.07 Å². The lowest BCUT2D eigenvalue weighted by Crippen LogP contribution is -2.32. The number of hydrogen-bond donors (Lipinski definition) is 1. The summed E-state index contributed by atoms with van der Waals surface area (Å²) in [6.07, 6.45) is 2.67. The van der Waals surface area contributed by atoms with E-state index in [0.717, 1.165) is 22.8 Å². The van der Waals surface area contributed by atoms with Gasteiger partial charge in [-0.15, -0.1) is 0 Å². The SMILES string of the molecule is CNN(C)c1cc(F)ccc1C(=O)c1cc2cncnc2n1-c1c(F)cccc1F. The van der Waals surface area contributed by atoms with Gasteiger partial charge in [0.05, 0.1) is 11.4 Å². The molecule has 2 aromatic heterocycles. The van der Waals surface area contributed by atoms with E-state index in [1.807, 2.05) is 0 Å². The number of para-hydroxylation sites is 1. The molecule has 9 heteroatoms. The molecular weight excluding hydrogens is 395 g/mol. The van der Waals surface area contributed by atoms with Crippen LogP contribution in [0.1, 0.15) is 16.1 Å². The molecule has 0 saturated carbocycles. The van der Waals surface area contributed by atoms with E-state index in [1.165, 1.54) is 41.8 Å².